The number of rotatable bonds is 3. The maximum Gasteiger partial charge on any atom is 0.138 e. The van der Waals surface area contributed by atoms with Gasteiger partial charge in [0.2, 0.25) is 0 Å². The van der Waals surface area contributed by atoms with Crippen LogP contribution in [0.3, 0.4) is 0 Å². The Bertz CT molecular complexity index is 496. The summed E-state index contributed by atoms with van der Waals surface area (Å²) in [6.07, 6.45) is 1.69. The van der Waals surface area contributed by atoms with Crippen molar-refractivity contribution in [1.82, 2.24) is 9.97 Å². The highest BCUT2D eigenvalue weighted by atomic mass is 32.1. The van der Waals surface area contributed by atoms with Gasteiger partial charge in [0, 0.05) is 6.54 Å². The fourth-order valence-electron chi connectivity index (χ4n) is 1.80. The molecule has 90 valence electrons. The van der Waals surface area contributed by atoms with Crippen molar-refractivity contribution in [3.05, 3.63) is 17.8 Å². The summed E-state index contributed by atoms with van der Waals surface area (Å²) >= 11 is 1.62. The molecule has 1 unspecified atom stereocenters. The minimum absolute atomic E-state index is 0.104. The van der Waals surface area contributed by atoms with Crippen LogP contribution in [0.5, 0.6) is 0 Å². The fraction of sp³-hybridized carbons (Fsp3) is 0.455. The van der Waals surface area contributed by atoms with Gasteiger partial charge in [0.05, 0.1) is 31.3 Å². The number of nitrogens with one attached hydrogen (secondary N) is 1. The second-order valence-electron chi connectivity index (χ2n) is 3.81. The predicted octanol–water partition coefficient (Wildman–Crippen LogP) is 1.52. The molecule has 0 radical (unpaired) electrons. The summed E-state index contributed by atoms with van der Waals surface area (Å²) < 4.78 is 10.9. The largest absolute Gasteiger partial charge is 0.376 e. The first kappa shape index (κ1) is 10.9. The van der Waals surface area contributed by atoms with Gasteiger partial charge >= 0.3 is 0 Å². The summed E-state index contributed by atoms with van der Waals surface area (Å²) in [6.45, 7) is 2.72. The van der Waals surface area contributed by atoms with E-state index < -0.39 is 0 Å². The predicted molar refractivity (Wildman–Crippen MR) is 66.5 cm³/mol. The van der Waals surface area contributed by atoms with Crippen LogP contribution in [0.1, 0.15) is 0 Å². The Morgan fingerprint density at radius 1 is 1.41 bits per heavy atom. The summed E-state index contributed by atoms with van der Waals surface area (Å²) in [7, 11) is 0. The molecule has 1 aliphatic rings. The molecule has 0 bridgehead atoms. The van der Waals surface area contributed by atoms with Gasteiger partial charge in [-0.05, 0) is 11.4 Å². The lowest BCUT2D eigenvalue weighted by Crippen LogP contribution is -2.34. The SMILES string of the molecule is c1nc(NCC2COCCO2)c2ccsc2n1. The van der Waals surface area contributed by atoms with E-state index in [9.17, 15) is 0 Å². The van der Waals surface area contributed by atoms with Gasteiger partial charge < -0.3 is 14.8 Å². The Hall–Kier alpha value is -1.24. The lowest BCUT2D eigenvalue weighted by molar-refractivity contribution is -0.0819. The molecule has 5 nitrogen and oxygen atoms in total. The van der Waals surface area contributed by atoms with Crippen LogP contribution in [0.4, 0.5) is 5.82 Å². The molecule has 17 heavy (non-hydrogen) atoms. The maximum atomic E-state index is 5.56. The van der Waals surface area contributed by atoms with Crippen molar-refractivity contribution in [2.24, 2.45) is 0 Å². The number of hydrogen-bond acceptors (Lipinski definition) is 6. The quantitative estimate of drug-likeness (QED) is 0.896. The minimum Gasteiger partial charge on any atom is -0.376 e. The summed E-state index contributed by atoms with van der Waals surface area (Å²) in [5.74, 6) is 0.866. The summed E-state index contributed by atoms with van der Waals surface area (Å²) in [5.41, 5.74) is 0. The van der Waals surface area contributed by atoms with E-state index in [0.29, 0.717) is 26.4 Å². The first-order chi connectivity index (χ1) is 8.43. The number of thiophene rings is 1. The first-order valence-corrected chi connectivity index (χ1v) is 6.43. The summed E-state index contributed by atoms with van der Waals surface area (Å²) in [4.78, 5) is 9.46. The highest BCUT2D eigenvalue weighted by Gasteiger charge is 2.14. The molecule has 0 amide bonds. The molecule has 2 aromatic heterocycles. The Labute approximate surface area is 103 Å². The van der Waals surface area contributed by atoms with Crippen LogP contribution in [0.25, 0.3) is 10.2 Å². The van der Waals surface area contributed by atoms with Gasteiger partial charge in [0.15, 0.2) is 0 Å². The van der Waals surface area contributed by atoms with Crippen LogP contribution < -0.4 is 5.32 Å². The molecule has 0 aliphatic carbocycles. The Morgan fingerprint density at radius 2 is 2.41 bits per heavy atom. The van der Waals surface area contributed by atoms with Crippen molar-refractivity contribution in [3.8, 4) is 0 Å². The van der Waals surface area contributed by atoms with E-state index in [1.165, 1.54) is 0 Å². The van der Waals surface area contributed by atoms with Gasteiger partial charge in [0.25, 0.3) is 0 Å². The fourth-order valence-corrected chi connectivity index (χ4v) is 2.53. The van der Waals surface area contributed by atoms with E-state index in [0.717, 1.165) is 16.0 Å². The smallest absolute Gasteiger partial charge is 0.138 e. The third-order valence-corrected chi connectivity index (χ3v) is 3.46. The van der Waals surface area contributed by atoms with Crippen molar-refractivity contribution >= 4 is 27.4 Å². The van der Waals surface area contributed by atoms with Gasteiger partial charge in [-0.1, -0.05) is 0 Å². The van der Waals surface area contributed by atoms with Crippen LogP contribution in [-0.2, 0) is 9.47 Å². The third kappa shape index (κ3) is 2.38. The zero-order valence-corrected chi connectivity index (χ0v) is 10.1. The number of nitrogens with zero attached hydrogens (tertiary/aromatic N) is 2. The molecule has 2 aromatic rings. The highest BCUT2D eigenvalue weighted by molar-refractivity contribution is 7.16. The zero-order chi connectivity index (χ0) is 11.5. The lowest BCUT2D eigenvalue weighted by atomic mass is 10.3. The molecule has 0 saturated carbocycles. The standard InChI is InChI=1S/C11H13N3O2S/c1-4-17-11-9(1)10(13-7-14-11)12-5-8-6-15-2-3-16-8/h1,4,7-8H,2-3,5-6H2,(H,12,13,14). The Morgan fingerprint density at radius 3 is 3.29 bits per heavy atom. The van der Waals surface area contributed by atoms with E-state index in [4.69, 9.17) is 9.47 Å². The van der Waals surface area contributed by atoms with E-state index in [1.807, 2.05) is 11.4 Å². The molecular formula is C11H13N3O2S. The van der Waals surface area contributed by atoms with Crippen molar-refractivity contribution in [3.63, 3.8) is 0 Å². The molecule has 1 atom stereocenters. The molecule has 0 aromatic carbocycles. The van der Waals surface area contributed by atoms with Gasteiger partial charge in [-0.2, -0.15) is 0 Å². The van der Waals surface area contributed by atoms with Crippen LogP contribution >= 0.6 is 11.3 Å². The monoisotopic (exact) mass is 251 g/mol. The molecule has 0 spiro atoms. The van der Waals surface area contributed by atoms with Gasteiger partial charge in [-0.3, -0.25) is 0 Å². The Kier molecular flexibility index (Phi) is 3.17. The van der Waals surface area contributed by atoms with E-state index >= 15 is 0 Å². The number of anilines is 1. The van der Waals surface area contributed by atoms with E-state index in [-0.39, 0.29) is 6.10 Å². The summed E-state index contributed by atoms with van der Waals surface area (Å²) in [5, 5.41) is 6.38. The lowest BCUT2D eigenvalue weighted by Gasteiger charge is -2.23. The van der Waals surface area contributed by atoms with Gasteiger partial charge in [-0.15, -0.1) is 11.3 Å². The normalized spacial score (nSPS) is 20.6. The van der Waals surface area contributed by atoms with Crippen molar-refractivity contribution in [1.29, 1.82) is 0 Å². The van der Waals surface area contributed by atoms with Crippen LogP contribution in [-0.4, -0.2) is 42.4 Å². The average molecular weight is 251 g/mol. The van der Waals surface area contributed by atoms with Crippen LogP contribution in [0, 0.1) is 0 Å². The summed E-state index contributed by atoms with van der Waals surface area (Å²) in [6, 6.07) is 2.03. The zero-order valence-electron chi connectivity index (χ0n) is 9.26. The highest BCUT2D eigenvalue weighted by Crippen LogP contribution is 2.23. The first-order valence-electron chi connectivity index (χ1n) is 5.55. The number of ether oxygens (including phenoxy) is 2. The van der Waals surface area contributed by atoms with Gasteiger partial charge in [-0.25, -0.2) is 9.97 Å². The molecule has 1 N–H and O–H groups in total. The third-order valence-electron chi connectivity index (χ3n) is 2.64. The van der Waals surface area contributed by atoms with Crippen LogP contribution in [0.15, 0.2) is 17.8 Å². The van der Waals surface area contributed by atoms with Crippen LogP contribution in [0.2, 0.25) is 0 Å². The second-order valence-corrected chi connectivity index (χ2v) is 4.70. The molecule has 3 heterocycles. The number of fused-ring (bicyclic) bond motifs is 1. The van der Waals surface area contributed by atoms with E-state index in [2.05, 4.69) is 15.3 Å². The van der Waals surface area contributed by atoms with Crippen molar-refractivity contribution in [2.45, 2.75) is 6.10 Å². The number of hydrogen-bond donors (Lipinski definition) is 1. The average Bonchev–Trinajstić information content (AvgIpc) is 2.86. The minimum atomic E-state index is 0.104. The maximum absolute atomic E-state index is 5.56. The Balaban J connectivity index is 1.69. The molecular weight excluding hydrogens is 238 g/mol. The molecule has 3 rings (SSSR count). The molecule has 6 heteroatoms. The van der Waals surface area contributed by atoms with Crippen molar-refractivity contribution in [2.75, 3.05) is 31.7 Å². The molecule has 1 fully saturated rings. The van der Waals surface area contributed by atoms with Crippen molar-refractivity contribution < 1.29 is 9.47 Å². The molecule has 1 saturated heterocycles. The molecule has 1 aliphatic heterocycles. The van der Waals surface area contributed by atoms with E-state index in [1.54, 1.807) is 17.7 Å². The topological polar surface area (TPSA) is 56.3 Å². The van der Waals surface area contributed by atoms with Gasteiger partial charge in [0.1, 0.15) is 17.0 Å². The second kappa shape index (κ2) is 4.95. The number of aromatic nitrogens is 2.